The van der Waals surface area contributed by atoms with Crippen molar-refractivity contribution in [2.24, 2.45) is 0 Å². The number of carbonyl (C=O) groups excluding carboxylic acids is 2. The lowest BCUT2D eigenvalue weighted by Crippen LogP contribution is -2.29. The summed E-state index contributed by atoms with van der Waals surface area (Å²) in [6.07, 6.45) is 29.6. The third-order valence-electron chi connectivity index (χ3n) is 16.4. The van der Waals surface area contributed by atoms with E-state index in [1.807, 2.05) is 83.3 Å². The van der Waals surface area contributed by atoms with Gasteiger partial charge in [-0.3, -0.25) is 18.7 Å². The fraction of sp³-hybridized carbons (Fsp3) is 0.391. The van der Waals surface area contributed by atoms with Crippen molar-refractivity contribution in [1.29, 1.82) is 0 Å². The predicted molar refractivity (Wildman–Crippen MR) is 398 cm³/mol. The van der Waals surface area contributed by atoms with Crippen LogP contribution in [0.15, 0.2) is 123 Å². The second-order valence-corrected chi connectivity index (χ2v) is 25.3. The number of nitrogens with one attached hydrogen (secondary N) is 3. The number of ether oxygens (including phenoxy) is 6. The number of aryl methyl sites for hydroxylation is 4. The Labute approximate surface area is 622 Å². The second kappa shape index (κ2) is 40.7. The van der Waals surface area contributed by atoms with E-state index in [0.29, 0.717) is 68.8 Å². The van der Waals surface area contributed by atoms with Crippen LogP contribution in [0.2, 0.25) is 20.9 Å². The molecule has 4 fully saturated rings. The first-order chi connectivity index (χ1) is 49.8. The molecule has 4 saturated heterocycles. The van der Waals surface area contributed by atoms with Gasteiger partial charge >= 0.3 is 19.1 Å². The molecule has 30 nitrogen and oxygen atoms in total. The minimum absolute atomic E-state index is 0. The van der Waals surface area contributed by atoms with Gasteiger partial charge in [0.15, 0.2) is 0 Å². The van der Waals surface area contributed by atoms with Gasteiger partial charge in [-0.25, -0.2) is 49.5 Å². The number of hydrogen-bond donors (Lipinski definition) is 6. The fourth-order valence-corrected chi connectivity index (χ4v) is 11.1. The van der Waals surface area contributed by atoms with Gasteiger partial charge in [0.05, 0.1) is 103 Å². The van der Waals surface area contributed by atoms with Gasteiger partial charge < -0.3 is 60.2 Å². The van der Waals surface area contributed by atoms with Crippen LogP contribution >= 0.6 is 46.4 Å². The zero-order chi connectivity index (χ0) is 73.2. The van der Waals surface area contributed by atoms with Crippen LogP contribution in [0.1, 0.15) is 126 Å². The summed E-state index contributed by atoms with van der Waals surface area (Å²) in [5.41, 5.74) is 15.4. The molecule has 10 aromatic rings. The Morgan fingerprint density at radius 1 is 0.471 bits per heavy atom. The number of nitrogen functional groups attached to an aromatic ring is 1. The van der Waals surface area contributed by atoms with Gasteiger partial charge in [-0.2, -0.15) is 20.4 Å². The summed E-state index contributed by atoms with van der Waals surface area (Å²) in [6, 6.07) is 14.7. The Balaban J connectivity index is 0.000000164. The van der Waals surface area contributed by atoms with Crippen molar-refractivity contribution in [2.75, 3.05) is 88.8 Å². The first-order valence-corrected chi connectivity index (χ1v) is 34.5. The van der Waals surface area contributed by atoms with E-state index < -0.39 is 13.1 Å². The summed E-state index contributed by atoms with van der Waals surface area (Å²) < 4.78 is 38.5. The van der Waals surface area contributed by atoms with Gasteiger partial charge in [0.2, 0.25) is 22.5 Å². The number of halogens is 4. The Bertz CT molecular complexity index is 4300. The van der Waals surface area contributed by atoms with Crippen LogP contribution < -0.4 is 27.1 Å². The second-order valence-electron chi connectivity index (χ2n) is 23.9. The molecule has 8 aromatic heterocycles. The van der Waals surface area contributed by atoms with Gasteiger partial charge in [-0.15, -0.1) is 0 Å². The smallest absolute Gasteiger partial charge is 0.465 e. The lowest BCUT2D eigenvalue weighted by molar-refractivity contribution is 0.0592. The van der Waals surface area contributed by atoms with Crippen LogP contribution in [-0.2, 0) is 28.4 Å². The standard InChI is InChI=1S/C21H23N5O3.2C13H16ClN5O.C8H9BO4.C8H13N3O.C5H4Cl2N2.CH4/c1-14-11-22-21(24-17-12-23-26(13-17)18-7-9-29-10-8-18)25-19(14)15-3-5-16(6-4-15)20(27)28-2;1-9-6-15-13(14)18-12(9)17-10-7-16-19(8-10)11-2-4-20-5-3-11;1-9-6-15-13(18-12(9)14)17-10-7-16-19(8-10)11-2-4-20-5-3-11;1-13-8(10)6-2-4-7(5-3-6)9(11)12;9-7-5-10-11(6-7)8-1-3-12-4-2-8;1-3-2-8-5(7)9-4(3)6;/h3-6,11-13,18H,7-10H2,1-2H3,(H,22,24,25);2*6-8,11H,2-5H2,1H3,(H,15,17,18);2-5,11-12H,1H3;5-6,8H,1-4,9H2;2H,1H3;1H4. The van der Waals surface area contributed by atoms with E-state index in [1.165, 1.54) is 38.5 Å². The molecule has 2 aromatic carbocycles. The topological polar surface area (TPSA) is 366 Å². The van der Waals surface area contributed by atoms with Crippen LogP contribution in [0.4, 0.5) is 40.5 Å². The quantitative estimate of drug-likeness (QED) is 0.0255. The lowest BCUT2D eigenvalue weighted by Gasteiger charge is -2.22. The summed E-state index contributed by atoms with van der Waals surface area (Å²) in [4.78, 5) is 55.5. The van der Waals surface area contributed by atoms with Gasteiger partial charge in [0, 0.05) is 125 Å². The van der Waals surface area contributed by atoms with Crippen LogP contribution in [0.3, 0.4) is 0 Å². The summed E-state index contributed by atoms with van der Waals surface area (Å²) >= 11 is 22.8. The molecule has 0 unspecified atom stereocenters. The molecule has 7 N–H and O–H groups in total. The highest BCUT2D eigenvalue weighted by Crippen LogP contribution is 2.29. The Morgan fingerprint density at radius 3 is 1.23 bits per heavy atom. The molecule has 14 rings (SSSR count). The van der Waals surface area contributed by atoms with Crippen molar-refractivity contribution >= 4 is 111 Å². The number of nitrogens with two attached hydrogens (primary N) is 1. The highest BCUT2D eigenvalue weighted by Gasteiger charge is 2.22. The summed E-state index contributed by atoms with van der Waals surface area (Å²) in [5, 5.41) is 45.8. The van der Waals surface area contributed by atoms with E-state index in [4.69, 9.17) is 85.9 Å². The van der Waals surface area contributed by atoms with E-state index in [1.54, 1.807) is 61.7 Å². The lowest BCUT2D eigenvalue weighted by atomic mass is 9.80. The number of methoxy groups -OCH3 is 2. The van der Waals surface area contributed by atoms with Crippen LogP contribution in [0.25, 0.3) is 11.3 Å². The predicted octanol–water partition coefficient (Wildman–Crippen LogP) is 11.7. The summed E-state index contributed by atoms with van der Waals surface area (Å²) in [7, 11) is 1.15. The first-order valence-electron chi connectivity index (χ1n) is 33.0. The molecule has 0 radical (unpaired) electrons. The Hall–Kier alpha value is -9.28. The Kier molecular flexibility index (Phi) is 31.5. The van der Waals surface area contributed by atoms with Crippen LogP contribution in [0.5, 0.6) is 0 Å². The molecule has 0 spiro atoms. The molecule has 12 heterocycles. The SMILES string of the molecule is C.COC(=O)c1ccc(-c2nc(Nc3cnn(C4CCOCC4)c3)ncc2C)cc1.COC(=O)c1ccc(B(O)O)cc1.Cc1cnc(Cl)nc1Cl.Cc1cnc(Cl)nc1Nc1cnn(C2CCOCC2)c1.Cc1cnc(Nc2cnn(C3CCOCC3)c2)nc1Cl.Nc1cnn(C2CCOCC2)c1. The summed E-state index contributed by atoms with van der Waals surface area (Å²) in [5.74, 6) is 0.872. The number of esters is 2. The molecule has 552 valence electrons. The van der Waals surface area contributed by atoms with Gasteiger partial charge in [-0.1, -0.05) is 54.9 Å². The van der Waals surface area contributed by atoms with E-state index in [-0.39, 0.29) is 24.0 Å². The number of aromatic nitrogens is 16. The molecule has 0 bridgehead atoms. The number of carbonyl (C=O) groups is 2. The van der Waals surface area contributed by atoms with Crippen molar-refractivity contribution in [2.45, 2.75) is 111 Å². The molecule has 0 saturated carbocycles. The third-order valence-corrected chi connectivity index (χ3v) is 17.5. The van der Waals surface area contributed by atoms with Gasteiger partial charge in [-0.05, 0) is 138 Å². The summed E-state index contributed by atoms with van der Waals surface area (Å²) in [6.45, 7) is 14.0. The monoisotopic (exact) mass is 1500 g/mol. The zero-order valence-corrected chi connectivity index (χ0v) is 60.7. The van der Waals surface area contributed by atoms with Crippen molar-refractivity contribution < 1.29 is 48.1 Å². The molecular formula is C69H85BCl4N20O10. The van der Waals surface area contributed by atoms with E-state index in [0.717, 1.165) is 160 Å². The van der Waals surface area contributed by atoms with E-state index in [2.05, 4.69) is 81.0 Å². The molecule has 0 atom stereocenters. The maximum Gasteiger partial charge on any atom is 0.488 e. The van der Waals surface area contributed by atoms with Crippen molar-refractivity contribution in [3.05, 3.63) is 177 Å². The zero-order valence-electron chi connectivity index (χ0n) is 57.7. The third kappa shape index (κ3) is 24.4. The number of anilines is 7. The molecular weight excluding hydrogens is 1420 g/mol. The average Bonchev–Trinajstić information content (AvgIpc) is 1.47. The molecule has 4 aliphatic heterocycles. The van der Waals surface area contributed by atoms with E-state index >= 15 is 0 Å². The number of nitrogens with zero attached hydrogens (tertiary/aromatic N) is 16. The molecule has 0 aliphatic carbocycles. The molecule has 35 heteroatoms. The molecule has 104 heavy (non-hydrogen) atoms. The van der Waals surface area contributed by atoms with Crippen molar-refractivity contribution in [1.82, 2.24) is 79.0 Å². The maximum atomic E-state index is 11.6. The first kappa shape index (κ1) is 80.4. The number of benzene rings is 2. The van der Waals surface area contributed by atoms with Crippen LogP contribution in [0, 0.1) is 27.7 Å². The normalized spacial score (nSPS) is 14.6. The Morgan fingerprint density at radius 2 is 0.837 bits per heavy atom. The highest BCUT2D eigenvalue weighted by atomic mass is 35.5. The minimum atomic E-state index is -1.51. The fourth-order valence-electron chi connectivity index (χ4n) is 10.6. The molecule has 0 amide bonds. The van der Waals surface area contributed by atoms with Crippen LogP contribution in [-0.4, -0.2) is 175 Å². The highest BCUT2D eigenvalue weighted by molar-refractivity contribution is 6.58. The number of hydrogen-bond acceptors (Lipinski definition) is 26. The minimum Gasteiger partial charge on any atom is -0.465 e. The molecule has 4 aliphatic rings. The number of rotatable bonds is 14. The average molecular weight is 1510 g/mol. The maximum absolute atomic E-state index is 11.6. The largest absolute Gasteiger partial charge is 0.488 e. The van der Waals surface area contributed by atoms with Gasteiger partial charge in [0.25, 0.3) is 0 Å². The van der Waals surface area contributed by atoms with Gasteiger partial charge in [0.1, 0.15) is 16.1 Å². The van der Waals surface area contributed by atoms with E-state index in [9.17, 15) is 9.59 Å². The van der Waals surface area contributed by atoms with Crippen molar-refractivity contribution in [3.63, 3.8) is 0 Å². The van der Waals surface area contributed by atoms with Crippen molar-refractivity contribution in [3.8, 4) is 11.3 Å².